The number of nitrogens with zero attached hydrogens (tertiary/aromatic N) is 1. The Labute approximate surface area is 116 Å². The number of hydrazone groups is 1. The fourth-order valence-electron chi connectivity index (χ4n) is 1.45. The third-order valence-corrected chi connectivity index (χ3v) is 2.35. The van der Waals surface area contributed by atoms with Gasteiger partial charge in [0.1, 0.15) is 5.76 Å². The standard InChI is InChI=1S/C14H14N2O4/c1-18-12-6-2-3-7-13(12)20-10-14(17)16-15-9-11-5-4-8-19-11/h2-9H,10H2,1H3,(H,16,17). The summed E-state index contributed by atoms with van der Waals surface area (Å²) in [5, 5.41) is 3.74. The summed E-state index contributed by atoms with van der Waals surface area (Å²) >= 11 is 0. The summed E-state index contributed by atoms with van der Waals surface area (Å²) in [6.45, 7) is -0.157. The maximum atomic E-state index is 11.5. The van der Waals surface area contributed by atoms with Crippen LogP contribution in [0.4, 0.5) is 0 Å². The second-order valence-corrected chi connectivity index (χ2v) is 3.75. The van der Waals surface area contributed by atoms with Gasteiger partial charge in [0.05, 0.1) is 19.6 Å². The van der Waals surface area contributed by atoms with Gasteiger partial charge in [-0.3, -0.25) is 4.79 Å². The number of rotatable bonds is 6. The van der Waals surface area contributed by atoms with Crippen molar-refractivity contribution in [2.75, 3.05) is 13.7 Å². The quantitative estimate of drug-likeness (QED) is 0.644. The van der Waals surface area contributed by atoms with Gasteiger partial charge in [0.25, 0.3) is 5.91 Å². The molecule has 2 aromatic rings. The van der Waals surface area contributed by atoms with Crippen LogP contribution in [0.3, 0.4) is 0 Å². The lowest BCUT2D eigenvalue weighted by atomic mass is 10.3. The first-order valence-electron chi connectivity index (χ1n) is 5.91. The summed E-state index contributed by atoms with van der Waals surface area (Å²) in [6, 6.07) is 10.5. The van der Waals surface area contributed by atoms with E-state index < -0.39 is 0 Å². The summed E-state index contributed by atoms with van der Waals surface area (Å²) < 4.78 is 15.5. The van der Waals surface area contributed by atoms with E-state index in [0.29, 0.717) is 17.3 Å². The molecule has 0 unspecified atom stereocenters. The molecule has 0 aliphatic carbocycles. The van der Waals surface area contributed by atoms with Crippen molar-refractivity contribution in [3.8, 4) is 11.5 Å². The molecule has 0 saturated heterocycles. The van der Waals surface area contributed by atoms with Gasteiger partial charge in [0.15, 0.2) is 18.1 Å². The van der Waals surface area contributed by atoms with Gasteiger partial charge >= 0.3 is 0 Å². The fourth-order valence-corrected chi connectivity index (χ4v) is 1.45. The van der Waals surface area contributed by atoms with Gasteiger partial charge < -0.3 is 13.9 Å². The topological polar surface area (TPSA) is 73.1 Å². The molecule has 6 nitrogen and oxygen atoms in total. The van der Waals surface area contributed by atoms with E-state index in [1.807, 2.05) is 6.07 Å². The Morgan fingerprint density at radius 2 is 2.10 bits per heavy atom. The number of amides is 1. The fraction of sp³-hybridized carbons (Fsp3) is 0.143. The second kappa shape index (κ2) is 6.98. The highest BCUT2D eigenvalue weighted by Gasteiger charge is 2.05. The molecule has 0 spiro atoms. The van der Waals surface area contributed by atoms with Gasteiger partial charge in [-0.2, -0.15) is 5.10 Å². The zero-order chi connectivity index (χ0) is 14.2. The Bertz CT molecular complexity index is 579. The highest BCUT2D eigenvalue weighted by Crippen LogP contribution is 2.25. The molecule has 104 valence electrons. The molecule has 1 amide bonds. The summed E-state index contributed by atoms with van der Waals surface area (Å²) in [7, 11) is 1.54. The van der Waals surface area contributed by atoms with Crippen LogP contribution in [0.2, 0.25) is 0 Å². The summed E-state index contributed by atoms with van der Waals surface area (Å²) in [4.78, 5) is 11.5. The average Bonchev–Trinajstić information content (AvgIpc) is 2.98. The molecule has 2 rings (SSSR count). The van der Waals surface area contributed by atoms with Crippen molar-refractivity contribution in [2.24, 2.45) is 5.10 Å². The maximum Gasteiger partial charge on any atom is 0.277 e. The highest BCUT2D eigenvalue weighted by molar-refractivity contribution is 5.81. The molecule has 0 saturated carbocycles. The van der Waals surface area contributed by atoms with E-state index in [-0.39, 0.29) is 12.5 Å². The lowest BCUT2D eigenvalue weighted by Crippen LogP contribution is -2.24. The van der Waals surface area contributed by atoms with Crippen LogP contribution in [0.25, 0.3) is 0 Å². The van der Waals surface area contributed by atoms with Crippen molar-refractivity contribution in [3.63, 3.8) is 0 Å². The van der Waals surface area contributed by atoms with Crippen LogP contribution in [0.5, 0.6) is 11.5 Å². The Morgan fingerprint density at radius 3 is 2.80 bits per heavy atom. The molecule has 0 radical (unpaired) electrons. The molecule has 1 heterocycles. The van der Waals surface area contributed by atoms with Crippen LogP contribution < -0.4 is 14.9 Å². The lowest BCUT2D eigenvalue weighted by Gasteiger charge is -2.08. The molecule has 0 fully saturated rings. The molecule has 1 aromatic carbocycles. The molecule has 6 heteroatoms. The number of nitrogens with one attached hydrogen (secondary N) is 1. The minimum Gasteiger partial charge on any atom is -0.493 e. The molecule has 0 bridgehead atoms. The third-order valence-electron chi connectivity index (χ3n) is 2.35. The Morgan fingerprint density at radius 1 is 1.30 bits per heavy atom. The molecule has 1 N–H and O–H groups in total. The molecule has 0 atom stereocenters. The van der Waals surface area contributed by atoms with Crippen molar-refractivity contribution >= 4 is 12.1 Å². The average molecular weight is 274 g/mol. The number of para-hydroxylation sites is 2. The Hall–Kier alpha value is -2.76. The molecule has 1 aromatic heterocycles. The molecule has 0 aliphatic rings. The number of carbonyl (C=O) groups excluding carboxylic acids is 1. The number of hydrogen-bond acceptors (Lipinski definition) is 5. The van der Waals surface area contributed by atoms with Gasteiger partial charge in [-0.25, -0.2) is 5.43 Å². The first-order valence-corrected chi connectivity index (χ1v) is 5.91. The van der Waals surface area contributed by atoms with Crippen molar-refractivity contribution < 1.29 is 18.7 Å². The molecular formula is C14H14N2O4. The van der Waals surface area contributed by atoms with Gasteiger partial charge in [-0.05, 0) is 24.3 Å². The van der Waals surface area contributed by atoms with Crippen LogP contribution >= 0.6 is 0 Å². The minimum atomic E-state index is -0.376. The van der Waals surface area contributed by atoms with Crippen molar-refractivity contribution in [1.29, 1.82) is 0 Å². The van der Waals surface area contributed by atoms with E-state index in [2.05, 4.69) is 10.5 Å². The molecular weight excluding hydrogens is 260 g/mol. The lowest BCUT2D eigenvalue weighted by molar-refractivity contribution is -0.123. The maximum absolute atomic E-state index is 11.5. The number of carbonyl (C=O) groups is 1. The zero-order valence-electron chi connectivity index (χ0n) is 10.9. The number of methoxy groups -OCH3 is 1. The first kappa shape index (κ1) is 13.7. The van der Waals surface area contributed by atoms with E-state index >= 15 is 0 Å². The first-order chi connectivity index (χ1) is 9.79. The van der Waals surface area contributed by atoms with Crippen molar-refractivity contribution in [2.45, 2.75) is 0 Å². The van der Waals surface area contributed by atoms with Gasteiger partial charge in [0.2, 0.25) is 0 Å². The summed E-state index contributed by atoms with van der Waals surface area (Å²) in [5.41, 5.74) is 2.33. The Balaban J connectivity index is 1.80. The summed E-state index contributed by atoms with van der Waals surface area (Å²) in [5.74, 6) is 1.24. The van der Waals surface area contributed by atoms with E-state index in [9.17, 15) is 4.79 Å². The van der Waals surface area contributed by atoms with E-state index in [1.165, 1.54) is 19.6 Å². The number of benzene rings is 1. The van der Waals surface area contributed by atoms with Crippen LogP contribution in [0.15, 0.2) is 52.2 Å². The number of hydrogen-bond donors (Lipinski definition) is 1. The molecule has 20 heavy (non-hydrogen) atoms. The zero-order valence-corrected chi connectivity index (χ0v) is 10.9. The van der Waals surface area contributed by atoms with Crippen LogP contribution in [0, 0.1) is 0 Å². The van der Waals surface area contributed by atoms with Gasteiger partial charge in [0, 0.05) is 0 Å². The monoisotopic (exact) mass is 274 g/mol. The SMILES string of the molecule is COc1ccccc1OCC(=O)NN=Cc1ccco1. The smallest absolute Gasteiger partial charge is 0.277 e. The van der Waals surface area contributed by atoms with Crippen molar-refractivity contribution in [3.05, 3.63) is 48.4 Å². The normalized spacial score (nSPS) is 10.4. The Kier molecular flexibility index (Phi) is 4.77. The number of furan rings is 1. The number of ether oxygens (including phenoxy) is 2. The van der Waals surface area contributed by atoms with E-state index in [4.69, 9.17) is 13.9 Å². The highest BCUT2D eigenvalue weighted by atomic mass is 16.5. The van der Waals surface area contributed by atoms with Crippen molar-refractivity contribution in [1.82, 2.24) is 5.43 Å². The van der Waals surface area contributed by atoms with Gasteiger partial charge in [-0.1, -0.05) is 12.1 Å². The van der Waals surface area contributed by atoms with Crippen LogP contribution in [-0.2, 0) is 4.79 Å². The molecule has 0 aliphatic heterocycles. The largest absolute Gasteiger partial charge is 0.493 e. The summed E-state index contributed by atoms with van der Waals surface area (Å²) in [6.07, 6.45) is 2.93. The van der Waals surface area contributed by atoms with E-state index in [0.717, 1.165) is 0 Å². The predicted molar refractivity (Wildman–Crippen MR) is 72.9 cm³/mol. The minimum absolute atomic E-state index is 0.157. The van der Waals surface area contributed by atoms with Crippen LogP contribution in [-0.4, -0.2) is 25.8 Å². The van der Waals surface area contributed by atoms with E-state index in [1.54, 1.807) is 30.3 Å². The predicted octanol–water partition coefficient (Wildman–Crippen LogP) is 1.82. The second-order valence-electron chi connectivity index (χ2n) is 3.75. The van der Waals surface area contributed by atoms with Crippen LogP contribution in [0.1, 0.15) is 5.76 Å². The van der Waals surface area contributed by atoms with Gasteiger partial charge in [-0.15, -0.1) is 0 Å². The third kappa shape index (κ3) is 3.88.